The molecule has 2 amide bonds. The molecule has 0 spiro atoms. The molecule has 3 aliphatic heterocycles. The van der Waals surface area contributed by atoms with E-state index in [4.69, 9.17) is 4.74 Å². The molecule has 0 aliphatic carbocycles. The van der Waals surface area contributed by atoms with Crippen LogP contribution in [-0.2, 0) is 36.2 Å². The van der Waals surface area contributed by atoms with Crippen LogP contribution in [0.3, 0.4) is 0 Å². The lowest BCUT2D eigenvalue weighted by atomic mass is 9.99. The van der Waals surface area contributed by atoms with E-state index in [1.807, 2.05) is 53.4 Å². The third-order valence-electron chi connectivity index (χ3n) is 8.83. The van der Waals surface area contributed by atoms with Crippen molar-refractivity contribution in [2.45, 2.75) is 116 Å². The smallest absolute Gasteiger partial charge is 0.419 e. The van der Waals surface area contributed by atoms with Crippen LogP contribution in [0.4, 0.5) is 46.5 Å². The highest BCUT2D eigenvalue weighted by Crippen LogP contribution is 2.34. The van der Waals surface area contributed by atoms with Gasteiger partial charge in [0.15, 0.2) is 0 Å². The molecule has 0 radical (unpaired) electrons. The van der Waals surface area contributed by atoms with E-state index in [0.29, 0.717) is 69.5 Å². The molecule has 11 nitrogen and oxygen atoms in total. The van der Waals surface area contributed by atoms with Crippen LogP contribution in [-0.4, -0.2) is 108 Å². The minimum atomic E-state index is -4.79. The van der Waals surface area contributed by atoms with Gasteiger partial charge in [-0.1, -0.05) is 27.7 Å². The molecule has 3 fully saturated rings. The largest absolute Gasteiger partial charge is 0.462 e. The molecule has 0 saturated carbocycles. The molecule has 4 N–H and O–H groups in total. The van der Waals surface area contributed by atoms with Gasteiger partial charge in [-0.3, -0.25) is 24.2 Å². The van der Waals surface area contributed by atoms with Gasteiger partial charge in [-0.15, -0.1) is 0 Å². The molecule has 4 atom stereocenters. The Labute approximate surface area is 340 Å². The number of likely N-dealkylation sites (N-methyl/N-ethyl adjacent to an activating group) is 1. The number of alkyl halides is 6. The van der Waals surface area contributed by atoms with Crippen molar-refractivity contribution in [3.05, 3.63) is 59.2 Å². The number of hydrogen-bond acceptors (Lipinski definition) is 9. The van der Waals surface area contributed by atoms with Crippen molar-refractivity contribution in [3.63, 3.8) is 0 Å². The third kappa shape index (κ3) is 18.1. The molecule has 3 aliphatic rings. The number of hydrogen-bond donors (Lipinski definition) is 4. The highest BCUT2D eigenvalue weighted by atomic mass is 19.4. The zero-order valence-corrected chi connectivity index (χ0v) is 34.6. The lowest BCUT2D eigenvalue weighted by Crippen LogP contribution is -2.42. The van der Waals surface area contributed by atoms with Crippen molar-refractivity contribution in [2.75, 3.05) is 50.5 Å². The van der Waals surface area contributed by atoms with Crippen molar-refractivity contribution < 1.29 is 69.2 Å². The van der Waals surface area contributed by atoms with Crippen molar-refractivity contribution in [1.29, 1.82) is 0 Å². The summed E-state index contributed by atoms with van der Waals surface area (Å²) in [6, 6.07) is 3.30. The Bertz CT molecular complexity index is 1600. The Hall–Kier alpha value is -3.91. The molecular weight excluding hydrogens is 800 g/mol. The van der Waals surface area contributed by atoms with Gasteiger partial charge in [0.1, 0.15) is 17.2 Å². The molecule has 5 rings (SSSR count). The van der Waals surface area contributed by atoms with E-state index in [1.54, 1.807) is 11.9 Å². The summed E-state index contributed by atoms with van der Waals surface area (Å²) < 4.78 is 112. The number of aliphatic hydroxyl groups is 2. The van der Waals surface area contributed by atoms with Crippen LogP contribution in [0.15, 0.2) is 36.4 Å². The van der Waals surface area contributed by atoms with E-state index in [1.165, 1.54) is 0 Å². The number of halogens is 8. The van der Waals surface area contributed by atoms with Gasteiger partial charge in [-0.25, -0.2) is 8.78 Å². The van der Waals surface area contributed by atoms with Gasteiger partial charge in [0, 0.05) is 44.2 Å². The number of ether oxygens (including phenoxy) is 2. The first-order valence-electron chi connectivity index (χ1n) is 19.3. The monoisotopic (exact) mass is 858 g/mol. The molecule has 3 heterocycles. The molecule has 0 bridgehead atoms. The number of rotatable bonds is 7. The average Bonchev–Trinajstić information content (AvgIpc) is 3.68. The summed E-state index contributed by atoms with van der Waals surface area (Å²) in [4.78, 5) is 37.6. The first-order valence-corrected chi connectivity index (χ1v) is 19.3. The van der Waals surface area contributed by atoms with Gasteiger partial charge in [0.05, 0.1) is 35.4 Å². The predicted octanol–water partition coefficient (Wildman–Crippen LogP) is 7.50. The molecule has 3 saturated heterocycles. The predicted molar refractivity (Wildman–Crippen MR) is 206 cm³/mol. The number of likely N-dealkylation sites (tertiary alicyclic amines) is 2. The number of β-amino-alcohol motifs (C(OH)–C–C–N with tert-alkyl or cyclic N) is 2. The number of nitrogens with one attached hydrogen (secondary N) is 2. The van der Waals surface area contributed by atoms with Gasteiger partial charge >= 0.3 is 12.4 Å². The van der Waals surface area contributed by atoms with E-state index in [0.717, 1.165) is 25.0 Å². The standard InChI is InChI=1S/C18H22F4N2O3.C13H14F4N2O2.C5H10O2.2C2H6/c19-15-7-12(1-2-14(15)18(20,21)22)23-17(26)16-8-13(25)10-24(16)9-11-3-5-27-6-4-11;1-19-6-8(20)5-11(19)12(21)18-7-2-3-9(10(14)4-7)13(15,16)17;1-5(2,3)7-4-6;2*1-2/h1-2,7,11,13,16,25H,3-6,8-10H2,(H,23,26);2-4,8,11,20H,5-6H2,1H3,(H,18,21);4H,1-3H3;2*1-2H3. The maximum absolute atomic E-state index is 13.7. The second-order valence-electron chi connectivity index (χ2n) is 14.4. The summed E-state index contributed by atoms with van der Waals surface area (Å²) in [6.45, 7) is 16.6. The summed E-state index contributed by atoms with van der Waals surface area (Å²) in [6.07, 6.45) is -8.62. The number of carbonyl (C=O) groups is 3. The van der Waals surface area contributed by atoms with Crippen LogP contribution in [0.5, 0.6) is 0 Å². The second kappa shape index (κ2) is 24.4. The fraction of sp³-hybridized carbons (Fsp3) is 0.625. The van der Waals surface area contributed by atoms with Crippen LogP contribution < -0.4 is 10.6 Å². The van der Waals surface area contributed by atoms with Crippen molar-refractivity contribution in [1.82, 2.24) is 9.80 Å². The van der Waals surface area contributed by atoms with Gasteiger partial charge in [-0.2, -0.15) is 26.3 Å². The topological polar surface area (TPSA) is 141 Å². The Balaban J connectivity index is 0.000000483. The summed E-state index contributed by atoms with van der Waals surface area (Å²) in [5.74, 6) is -3.47. The average molecular weight is 859 g/mol. The van der Waals surface area contributed by atoms with Gasteiger partial charge in [0.25, 0.3) is 6.47 Å². The highest BCUT2D eigenvalue weighted by Gasteiger charge is 2.39. The van der Waals surface area contributed by atoms with E-state index >= 15 is 0 Å². The lowest BCUT2D eigenvalue weighted by Gasteiger charge is -2.30. The van der Waals surface area contributed by atoms with E-state index in [2.05, 4.69) is 15.4 Å². The molecule has 2 aromatic carbocycles. The fourth-order valence-electron chi connectivity index (χ4n) is 6.13. The van der Waals surface area contributed by atoms with Crippen molar-refractivity contribution in [2.24, 2.45) is 5.92 Å². The van der Waals surface area contributed by atoms with Gasteiger partial charge < -0.3 is 30.3 Å². The van der Waals surface area contributed by atoms with Crippen molar-refractivity contribution in [3.8, 4) is 0 Å². The Morgan fingerprint density at radius 2 is 1.20 bits per heavy atom. The lowest BCUT2D eigenvalue weighted by molar-refractivity contribution is -0.140. The summed E-state index contributed by atoms with van der Waals surface area (Å²) in [5.41, 5.74) is -3.17. The summed E-state index contributed by atoms with van der Waals surface area (Å²) in [5, 5.41) is 24.2. The fourth-order valence-corrected chi connectivity index (χ4v) is 6.13. The zero-order valence-electron chi connectivity index (χ0n) is 34.6. The minimum Gasteiger partial charge on any atom is -0.462 e. The quantitative estimate of drug-likeness (QED) is 0.165. The van der Waals surface area contributed by atoms with Crippen LogP contribution >= 0.6 is 0 Å². The van der Waals surface area contributed by atoms with Gasteiger partial charge in [0.2, 0.25) is 11.8 Å². The molecule has 2 aromatic rings. The number of anilines is 2. The molecule has 0 aromatic heterocycles. The SMILES string of the molecule is CC.CC.CC(C)(C)OC=O.CN1CC(O)CC1C(=O)Nc1ccc(C(F)(F)F)c(F)c1.O=C(Nc1ccc(C(F)(F)F)c(F)c1)C1CC(O)CN1CC1CCOCC1. The number of aliphatic hydroxyl groups excluding tert-OH is 2. The maximum Gasteiger partial charge on any atom is 0.419 e. The van der Waals surface area contributed by atoms with Crippen LogP contribution in [0.1, 0.15) is 85.3 Å². The van der Waals surface area contributed by atoms with Gasteiger partial charge in [-0.05, 0) is 95.8 Å². The Morgan fingerprint density at radius 3 is 1.56 bits per heavy atom. The number of carbonyl (C=O) groups excluding carboxylic acids is 3. The van der Waals surface area contributed by atoms with E-state index < -0.39 is 71.2 Å². The highest BCUT2D eigenvalue weighted by molar-refractivity contribution is 5.95. The first kappa shape index (κ1) is 53.1. The van der Waals surface area contributed by atoms with Crippen LogP contribution in [0.25, 0.3) is 0 Å². The Morgan fingerprint density at radius 1 is 0.780 bits per heavy atom. The minimum absolute atomic E-state index is 0.0436. The van der Waals surface area contributed by atoms with Crippen molar-refractivity contribution >= 4 is 29.7 Å². The number of nitrogens with zero attached hydrogens (tertiary/aromatic N) is 2. The second-order valence-corrected chi connectivity index (χ2v) is 14.4. The normalized spacial score (nSPS) is 21.2. The van der Waals surface area contributed by atoms with E-state index in [-0.39, 0.29) is 29.8 Å². The molecule has 4 unspecified atom stereocenters. The first-order chi connectivity index (χ1) is 27.5. The maximum atomic E-state index is 13.7. The van der Waals surface area contributed by atoms with Crippen LogP contribution in [0, 0.1) is 17.6 Å². The number of amides is 2. The molecule has 59 heavy (non-hydrogen) atoms. The number of benzene rings is 2. The summed E-state index contributed by atoms with van der Waals surface area (Å²) in [7, 11) is 1.65. The zero-order chi connectivity index (χ0) is 45.3. The summed E-state index contributed by atoms with van der Waals surface area (Å²) >= 11 is 0. The molecule has 19 heteroatoms. The molecule has 336 valence electrons. The third-order valence-corrected chi connectivity index (χ3v) is 8.83. The molecular formula is C40H58F8N4O7. The van der Waals surface area contributed by atoms with Crippen LogP contribution in [0.2, 0.25) is 0 Å². The Kier molecular flexibility index (Phi) is 21.9. The van der Waals surface area contributed by atoms with E-state index in [9.17, 15) is 59.7 Å².